The van der Waals surface area contributed by atoms with E-state index in [0.29, 0.717) is 36.5 Å². The zero-order valence-electron chi connectivity index (χ0n) is 33.5. The molecule has 6 rings (SSSR count). The molecule has 0 aromatic heterocycles. The topological polar surface area (TPSA) is 90.3 Å². The van der Waals surface area contributed by atoms with E-state index in [2.05, 4.69) is 65.3 Å². The van der Waals surface area contributed by atoms with Gasteiger partial charge in [0.25, 0.3) is 0 Å². The highest BCUT2D eigenvalue weighted by atomic mass is 16.5. The van der Waals surface area contributed by atoms with E-state index in [0.717, 1.165) is 89.5 Å². The number of ketones is 1. The molecule has 2 N–H and O–H groups in total. The summed E-state index contributed by atoms with van der Waals surface area (Å²) in [5.74, 6) is 1.63. The van der Waals surface area contributed by atoms with E-state index in [1.807, 2.05) is 13.8 Å². The lowest BCUT2D eigenvalue weighted by molar-refractivity contribution is -0.235. The number of fused-ring (bicyclic) bond motifs is 7. The third kappa shape index (κ3) is 5.99. The van der Waals surface area contributed by atoms with E-state index in [9.17, 15) is 19.8 Å². The molecule has 0 amide bonds. The van der Waals surface area contributed by atoms with Crippen molar-refractivity contribution in [2.45, 2.75) is 145 Å². The Labute approximate surface area is 304 Å². The first-order valence-corrected chi connectivity index (χ1v) is 20.4. The van der Waals surface area contributed by atoms with Crippen LogP contribution in [0.4, 0.5) is 0 Å². The van der Waals surface area contributed by atoms with Crippen molar-refractivity contribution in [2.75, 3.05) is 46.4 Å². The Morgan fingerprint density at radius 1 is 0.920 bits per heavy atom. The highest BCUT2D eigenvalue weighted by Gasteiger charge is 2.70. The first kappa shape index (κ1) is 38.4. The normalized spacial score (nSPS) is 41.6. The maximum atomic E-state index is 14.1. The molecule has 0 bridgehead atoms. The number of allylic oxidation sites excluding steroid dienone is 1. The quantitative estimate of drug-likeness (QED) is 0.258. The van der Waals surface area contributed by atoms with E-state index in [-0.39, 0.29) is 52.7 Å². The smallest absolute Gasteiger partial charge is 0.306 e. The largest absolute Gasteiger partial charge is 0.462 e. The zero-order chi connectivity index (χ0) is 36.7. The van der Waals surface area contributed by atoms with Gasteiger partial charge in [-0.3, -0.25) is 14.5 Å². The minimum Gasteiger partial charge on any atom is -0.462 e. The maximum Gasteiger partial charge on any atom is 0.306 e. The number of ether oxygens (including phenoxy) is 1. The standard InChI is InChI=1S/C43H72N2O5/c1-28(2)36-30(47)24-43(33(48)26-45-21-11-20-44(10)22-23-45)19-18-41(8)29(37(36)43)12-13-32-40(7)16-15-34(50-35(49)25-38(3,4)27-46)39(5,6)31(40)14-17-42(32,41)9/h28-29,31-34,46,48H,11-27H2,1-10H3. The van der Waals surface area contributed by atoms with E-state index in [4.69, 9.17) is 4.74 Å². The minimum atomic E-state index is -0.522. The fourth-order valence-electron chi connectivity index (χ4n) is 13.6. The minimum absolute atomic E-state index is 0.0308. The van der Waals surface area contributed by atoms with Crippen molar-refractivity contribution in [1.29, 1.82) is 0 Å². The number of carbonyl (C=O) groups is 2. The second-order valence-electron chi connectivity index (χ2n) is 20.7. The van der Waals surface area contributed by atoms with Crippen molar-refractivity contribution < 1.29 is 24.5 Å². The van der Waals surface area contributed by atoms with Crippen molar-refractivity contribution in [1.82, 2.24) is 9.80 Å². The molecule has 6 aliphatic rings. The fourth-order valence-corrected chi connectivity index (χ4v) is 13.6. The average molecular weight is 697 g/mol. The molecule has 5 fully saturated rings. The van der Waals surface area contributed by atoms with Crippen LogP contribution in [0.5, 0.6) is 0 Å². The number of nitrogens with zero attached hydrogens (tertiary/aromatic N) is 2. The molecular weight excluding hydrogens is 624 g/mol. The predicted octanol–water partition coefficient (Wildman–Crippen LogP) is 7.29. The van der Waals surface area contributed by atoms with E-state index < -0.39 is 16.9 Å². The molecule has 0 spiro atoms. The average Bonchev–Trinajstić information content (AvgIpc) is 3.19. The summed E-state index contributed by atoms with van der Waals surface area (Å²) in [6.07, 6.45) is 9.67. The molecule has 5 aliphatic carbocycles. The van der Waals surface area contributed by atoms with Crippen LogP contribution in [0.1, 0.15) is 133 Å². The number of hydrogen-bond acceptors (Lipinski definition) is 7. The predicted molar refractivity (Wildman–Crippen MR) is 199 cm³/mol. The van der Waals surface area contributed by atoms with Crippen LogP contribution in [-0.2, 0) is 14.3 Å². The van der Waals surface area contributed by atoms with Crippen LogP contribution in [0.2, 0.25) is 0 Å². The summed E-state index contributed by atoms with van der Waals surface area (Å²) in [7, 11) is 2.19. The molecule has 1 saturated heterocycles. The van der Waals surface area contributed by atoms with Crippen molar-refractivity contribution in [3.63, 3.8) is 0 Å². The van der Waals surface area contributed by atoms with Gasteiger partial charge in [0, 0.05) is 43.5 Å². The third-order valence-corrected chi connectivity index (χ3v) is 16.6. The molecule has 9 atom stereocenters. The lowest BCUT2D eigenvalue weighted by Crippen LogP contribution is -2.66. The van der Waals surface area contributed by atoms with Gasteiger partial charge in [0.2, 0.25) is 0 Å². The van der Waals surface area contributed by atoms with Crippen molar-refractivity contribution >= 4 is 11.8 Å². The number of aliphatic hydroxyl groups is 2. The number of esters is 1. The number of aliphatic hydroxyl groups excluding tert-OH is 2. The van der Waals surface area contributed by atoms with Crippen LogP contribution in [0, 0.1) is 56.2 Å². The lowest BCUT2D eigenvalue weighted by atomic mass is 9.33. The molecular formula is C43H72N2O5. The molecule has 0 aromatic carbocycles. The molecule has 0 aromatic rings. The summed E-state index contributed by atoms with van der Waals surface area (Å²) in [4.78, 5) is 32.1. The Kier molecular flexibility index (Phi) is 10.2. The Hall–Kier alpha value is -1.28. The van der Waals surface area contributed by atoms with E-state index >= 15 is 0 Å². The first-order valence-electron chi connectivity index (χ1n) is 20.4. The molecule has 50 heavy (non-hydrogen) atoms. The van der Waals surface area contributed by atoms with Crippen molar-refractivity contribution in [2.24, 2.45) is 56.2 Å². The van der Waals surface area contributed by atoms with Gasteiger partial charge >= 0.3 is 5.97 Å². The van der Waals surface area contributed by atoms with Crippen LogP contribution >= 0.6 is 0 Å². The summed E-state index contributed by atoms with van der Waals surface area (Å²) in [5.41, 5.74) is 1.72. The number of Topliss-reactive ketones (excluding diaryl/α,β-unsaturated/α-hetero) is 1. The highest BCUT2D eigenvalue weighted by Crippen LogP contribution is 2.77. The number of rotatable bonds is 8. The van der Waals surface area contributed by atoms with Crippen LogP contribution in [0.15, 0.2) is 11.1 Å². The van der Waals surface area contributed by atoms with Crippen LogP contribution in [0.25, 0.3) is 0 Å². The van der Waals surface area contributed by atoms with Crippen LogP contribution in [-0.4, -0.2) is 90.4 Å². The molecule has 0 radical (unpaired) electrons. The Morgan fingerprint density at radius 2 is 1.64 bits per heavy atom. The van der Waals surface area contributed by atoms with Gasteiger partial charge in [0.15, 0.2) is 5.78 Å². The molecule has 284 valence electrons. The second kappa shape index (κ2) is 13.2. The molecule has 7 nitrogen and oxygen atoms in total. The van der Waals surface area contributed by atoms with Gasteiger partial charge in [0.1, 0.15) is 6.10 Å². The van der Waals surface area contributed by atoms with Gasteiger partial charge in [-0.2, -0.15) is 0 Å². The monoisotopic (exact) mass is 697 g/mol. The zero-order valence-corrected chi connectivity index (χ0v) is 33.5. The van der Waals surface area contributed by atoms with Crippen LogP contribution < -0.4 is 0 Å². The van der Waals surface area contributed by atoms with Gasteiger partial charge in [-0.15, -0.1) is 0 Å². The van der Waals surface area contributed by atoms with Crippen LogP contribution in [0.3, 0.4) is 0 Å². The van der Waals surface area contributed by atoms with Gasteiger partial charge < -0.3 is 19.8 Å². The van der Waals surface area contributed by atoms with Gasteiger partial charge in [-0.1, -0.05) is 67.9 Å². The van der Waals surface area contributed by atoms with Gasteiger partial charge in [0.05, 0.1) is 12.5 Å². The highest BCUT2D eigenvalue weighted by molar-refractivity contribution is 6.00. The fraction of sp³-hybridized carbons (Fsp3) is 0.907. The third-order valence-electron chi connectivity index (χ3n) is 16.6. The summed E-state index contributed by atoms with van der Waals surface area (Å²) in [5, 5.41) is 22.1. The Balaban J connectivity index is 1.29. The molecule has 9 unspecified atom stereocenters. The second-order valence-corrected chi connectivity index (χ2v) is 20.7. The summed E-state index contributed by atoms with van der Waals surface area (Å²) in [6, 6.07) is 0. The number of likely N-dealkylation sites (N-methyl/N-ethyl adjacent to an activating group) is 1. The maximum absolute atomic E-state index is 14.1. The van der Waals surface area contributed by atoms with Crippen molar-refractivity contribution in [3.05, 3.63) is 11.1 Å². The van der Waals surface area contributed by atoms with Crippen molar-refractivity contribution in [3.8, 4) is 0 Å². The summed E-state index contributed by atoms with van der Waals surface area (Å²) in [6.45, 7) is 25.5. The molecule has 4 saturated carbocycles. The number of β-amino-alcohol motifs (C(OH)–C–C–N with tert-alkyl or cyclic N) is 1. The summed E-state index contributed by atoms with van der Waals surface area (Å²) < 4.78 is 6.28. The molecule has 1 heterocycles. The first-order chi connectivity index (χ1) is 23.3. The lowest BCUT2D eigenvalue weighted by Gasteiger charge is -2.72. The number of hydrogen-bond donors (Lipinski definition) is 2. The van der Waals surface area contributed by atoms with E-state index in [1.54, 1.807) is 0 Å². The molecule has 1 aliphatic heterocycles. The van der Waals surface area contributed by atoms with E-state index in [1.165, 1.54) is 5.57 Å². The Morgan fingerprint density at radius 3 is 2.32 bits per heavy atom. The SMILES string of the molecule is CC(C)C1=C2C3CCC4C5(C)CCC(OC(=O)CC(C)(C)CO)C(C)(C)C5CCC4(C)C3(C)CCC2(C(O)CN2CCCN(C)CC2)CC1=O. The van der Waals surface area contributed by atoms with Gasteiger partial charge in [-0.25, -0.2) is 0 Å². The summed E-state index contributed by atoms with van der Waals surface area (Å²) >= 11 is 0. The molecule has 7 heteroatoms. The number of carbonyl (C=O) groups excluding carboxylic acids is 2. The van der Waals surface area contributed by atoms with Gasteiger partial charge in [-0.05, 0) is 129 Å². The Bertz CT molecular complexity index is 1350.